The third kappa shape index (κ3) is 4.59. The third-order valence-electron chi connectivity index (χ3n) is 2.55. The predicted octanol–water partition coefficient (Wildman–Crippen LogP) is 2.41. The number of imide groups is 1. The molecule has 116 valence electrons. The number of hydrogen-bond donors (Lipinski definition) is 1. The van der Waals surface area contributed by atoms with Crippen molar-refractivity contribution in [1.29, 1.82) is 0 Å². The molecule has 0 saturated carbocycles. The Morgan fingerprint density at radius 2 is 2.00 bits per heavy atom. The average Bonchev–Trinajstić information content (AvgIpc) is 2.95. The SMILES string of the molecule is CCOC(=O)NC(=O)CSc1nnc(-c2ccc(C)cc2)o1. The maximum Gasteiger partial charge on any atom is 0.413 e. The molecule has 1 aromatic carbocycles. The van der Waals surface area contributed by atoms with Crippen molar-refractivity contribution in [2.75, 3.05) is 12.4 Å². The summed E-state index contributed by atoms with van der Waals surface area (Å²) in [5.41, 5.74) is 1.94. The van der Waals surface area contributed by atoms with Gasteiger partial charge in [-0.1, -0.05) is 29.5 Å². The molecule has 2 amide bonds. The highest BCUT2D eigenvalue weighted by molar-refractivity contribution is 7.99. The average molecular weight is 321 g/mol. The van der Waals surface area contributed by atoms with Gasteiger partial charge >= 0.3 is 6.09 Å². The molecule has 0 bridgehead atoms. The number of ether oxygens (including phenoxy) is 1. The van der Waals surface area contributed by atoms with Crippen LogP contribution in [0, 0.1) is 6.92 Å². The van der Waals surface area contributed by atoms with Crippen molar-refractivity contribution in [2.24, 2.45) is 0 Å². The van der Waals surface area contributed by atoms with Crippen molar-refractivity contribution in [3.8, 4) is 11.5 Å². The van der Waals surface area contributed by atoms with E-state index in [0.29, 0.717) is 5.89 Å². The van der Waals surface area contributed by atoms with Crippen LogP contribution in [0.25, 0.3) is 11.5 Å². The molecule has 0 spiro atoms. The van der Waals surface area contributed by atoms with Gasteiger partial charge in [0, 0.05) is 5.56 Å². The fraction of sp³-hybridized carbons (Fsp3) is 0.286. The Hall–Kier alpha value is -2.35. The summed E-state index contributed by atoms with van der Waals surface area (Å²) in [6, 6.07) is 7.65. The van der Waals surface area contributed by atoms with Crippen molar-refractivity contribution in [3.63, 3.8) is 0 Å². The molecule has 2 rings (SSSR count). The smallest absolute Gasteiger partial charge is 0.413 e. The van der Waals surface area contributed by atoms with Crippen LogP contribution >= 0.6 is 11.8 Å². The van der Waals surface area contributed by atoms with Gasteiger partial charge < -0.3 is 9.15 Å². The number of thioether (sulfide) groups is 1. The summed E-state index contributed by atoms with van der Waals surface area (Å²) in [6.45, 7) is 3.85. The summed E-state index contributed by atoms with van der Waals surface area (Å²) < 4.78 is 10.1. The third-order valence-corrected chi connectivity index (χ3v) is 3.37. The van der Waals surface area contributed by atoms with E-state index >= 15 is 0 Å². The quantitative estimate of drug-likeness (QED) is 0.845. The van der Waals surface area contributed by atoms with Gasteiger partial charge in [-0.25, -0.2) is 4.79 Å². The van der Waals surface area contributed by atoms with Gasteiger partial charge in [0.2, 0.25) is 11.8 Å². The second-order valence-corrected chi connectivity index (χ2v) is 5.22. The van der Waals surface area contributed by atoms with Crippen molar-refractivity contribution < 1.29 is 18.7 Å². The monoisotopic (exact) mass is 321 g/mol. The molecule has 0 atom stereocenters. The van der Waals surface area contributed by atoms with Gasteiger partial charge in [0.1, 0.15) is 0 Å². The number of nitrogens with one attached hydrogen (secondary N) is 1. The molecule has 1 aromatic heterocycles. The number of rotatable bonds is 5. The predicted molar refractivity (Wildman–Crippen MR) is 80.4 cm³/mol. The zero-order chi connectivity index (χ0) is 15.9. The number of hydrogen-bond acceptors (Lipinski definition) is 7. The molecule has 0 radical (unpaired) electrons. The Balaban J connectivity index is 1.88. The van der Waals surface area contributed by atoms with E-state index in [9.17, 15) is 9.59 Å². The van der Waals surface area contributed by atoms with Crippen molar-refractivity contribution in [2.45, 2.75) is 19.1 Å². The molecule has 0 fully saturated rings. The second-order valence-electron chi connectivity index (χ2n) is 4.30. The number of alkyl carbamates (subject to hydrolysis) is 1. The molecule has 2 aromatic rings. The van der Waals surface area contributed by atoms with Crippen LogP contribution in [0.4, 0.5) is 4.79 Å². The number of aryl methyl sites for hydroxylation is 1. The zero-order valence-corrected chi connectivity index (χ0v) is 13.0. The lowest BCUT2D eigenvalue weighted by Gasteiger charge is -2.02. The second kappa shape index (κ2) is 7.60. The topological polar surface area (TPSA) is 94.3 Å². The first-order valence-corrected chi connectivity index (χ1v) is 7.57. The molecule has 1 heterocycles. The molecule has 8 heteroatoms. The Labute approximate surface area is 131 Å². The lowest BCUT2D eigenvalue weighted by molar-refractivity contribution is -0.117. The largest absolute Gasteiger partial charge is 0.450 e. The van der Waals surface area contributed by atoms with Crippen molar-refractivity contribution in [1.82, 2.24) is 15.5 Å². The lowest BCUT2D eigenvalue weighted by atomic mass is 10.1. The fourth-order valence-electron chi connectivity index (χ4n) is 1.53. The molecule has 7 nitrogen and oxygen atoms in total. The molecule has 0 unspecified atom stereocenters. The summed E-state index contributed by atoms with van der Waals surface area (Å²) in [4.78, 5) is 22.6. The highest BCUT2D eigenvalue weighted by Gasteiger charge is 2.13. The van der Waals surface area contributed by atoms with Crippen molar-refractivity contribution >= 4 is 23.8 Å². The molecule has 22 heavy (non-hydrogen) atoms. The Kier molecular flexibility index (Phi) is 5.54. The molecule has 0 aliphatic carbocycles. The number of amides is 2. The maximum atomic E-state index is 11.5. The Morgan fingerprint density at radius 3 is 2.68 bits per heavy atom. The Morgan fingerprint density at radius 1 is 1.27 bits per heavy atom. The zero-order valence-electron chi connectivity index (χ0n) is 12.2. The van der Waals surface area contributed by atoms with Gasteiger partial charge in [-0.3, -0.25) is 10.1 Å². The van der Waals surface area contributed by atoms with Gasteiger partial charge in [-0.15, -0.1) is 10.2 Å². The van der Waals surface area contributed by atoms with Gasteiger partial charge in [-0.2, -0.15) is 0 Å². The van der Waals surface area contributed by atoms with Gasteiger partial charge in [0.25, 0.3) is 5.22 Å². The summed E-state index contributed by atoms with van der Waals surface area (Å²) in [5, 5.41) is 10.1. The highest BCUT2D eigenvalue weighted by atomic mass is 32.2. The normalized spacial score (nSPS) is 10.3. The van der Waals surface area contributed by atoms with E-state index in [1.807, 2.05) is 31.2 Å². The minimum atomic E-state index is -0.765. The summed E-state index contributed by atoms with van der Waals surface area (Å²) in [7, 11) is 0. The standard InChI is InChI=1S/C14H15N3O4S/c1-3-20-13(19)15-11(18)8-22-14-17-16-12(21-14)10-6-4-9(2)5-7-10/h4-7H,3,8H2,1-2H3,(H,15,18,19). The van der Waals surface area contributed by atoms with Crippen LogP contribution in [0.2, 0.25) is 0 Å². The van der Waals surface area contributed by atoms with Crippen LogP contribution in [-0.4, -0.2) is 34.6 Å². The Bertz CT molecular complexity index is 654. The van der Waals surface area contributed by atoms with E-state index in [1.165, 1.54) is 0 Å². The minimum absolute atomic E-state index is 0.0195. The van der Waals surface area contributed by atoms with Crippen molar-refractivity contribution in [3.05, 3.63) is 29.8 Å². The van der Waals surface area contributed by atoms with Gasteiger partial charge in [0.15, 0.2) is 0 Å². The van der Waals surface area contributed by atoms with Crippen LogP contribution in [0.15, 0.2) is 33.9 Å². The van der Waals surface area contributed by atoms with Crippen LogP contribution in [0.3, 0.4) is 0 Å². The van der Waals surface area contributed by atoms with Crippen LogP contribution in [0.1, 0.15) is 12.5 Å². The summed E-state index contributed by atoms with van der Waals surface area (Å²) in [5.74, 6) is -0.124. The summed E-state index contributed by atoms with van der Waals surface area (Å²) in [6.07, 6.45) is -0.765. The number of benzene rings is 1. The number of carbonyl (C=O) groups excluding carboxylic acids is 2. The first-order chi connectivity index (χ1) is 10.6. The van der Waals surface area contributed by atoms with E-state index in [-0.39, 0.29) is 17.6 Å². The number of aromatic nitrogens is 2. The van der Waals surface area contributed by atoms with Crippen LogP contribution in [-0.2, 0) is 9.53 Å². The van der Waals surface area contributed by atoms with Crippen LogP contribution in [0.5, 0.6) is 0 Å². The van der Waals surface area contributed by atoms with Crippen LogP contribution < -0.4 is 5.32 Å². The first-order valence-electron chi connectivity index (χ1n) is 6.58. The molecular formula is C14H15N3O4S. The molecule has 1 N–H and O–H groups in total. The molecular weight excluding hydrogens is 306 g/mol. The van der Waals surface area contributed by atoms with Gasteiger partial charge in [-0.05, 0) is 26.0 Å². The van der Waals surface area contributed by atoms with E-state index in [0.717, 1.165) is 22.9 Å². The minimum Gasteiger partial charge on any atom is -0.450 e. The highest BCUT2D eigenvalue weighted by Crippen LogP contribution is 2.23. The maximum absolute atomic E-state index is 11.5. The molecule has 0 aliphatic rings. The molecule has 0 saturated heterocycles. The van der Waals surface area contributed by atoms with E-state index in [1.54, 1.807) is 6.92 Å². The fourth-order valence-corrected chi connectivity index (χ4v) is 2.09. The first kappa shape index (κ1) is 16.0. The summed E-state index contributed by atoms with van der Waals surface area (Å²) >= 11 is 1.05. The number of nitrogens with zero attached hydrogens (tertiary/aromatic N) is 2. The lowest BCUT2D eigenvalue weighted by Crippen LogP contribution is -2.32. The van der Waals surface area contributed by atoms with E-state index < -0.39 is 12.0 Å². The van der Waals surface area contributed by atoms with Gasteiger partial charge in [0.05, 0.1) is 12.4 Å². The van der Waals surface area contributed by atoms with E-state index in [4.69, 9.17) is 4.42 Å². The van der Waals surface area contributed by atoms with E-state index in [2.05, 4.69) is 20.3 Å². The number of carbonyl (C=O) groups is 2. The molecule has 0 aliphatic heterocycles.